The summed E-state index contributed by atoms with van der Waals surface area (Å²) in [5.41, 5.74) is 1.61. The number of aryl methyl sites for hydroxylation is 2. The predicted octanol–water partition coefficient (Wildman–Crippen LogP) is 4.18. The average Bonchev–Trinajstić information content (AvgIpc) is 2.67. The standard InChI is InChI=1S/2C7H7.C6HF5O.Al/c2*1-7-5-3-2-4-6-7;7-1-2(8)4(10)6(12)5(11)3(1)9;/h2*2-5H,1H3;12H;/q;;;+1/p-1. The van der Waals surface area contributed by atoms with Crippen molar-refractivity contribution in [2.24, 2.45) is 0 Å². The number of benzene rings is 3. The highest BCUT2D eigenvalue weighted by Gasteiger charge is 2.36. The minimum absolute atomic E-state index is 0.691. The highest BCUT2D eigenvalue weighted by atomic mass is 27.2. The SMILES string of the molecule is Cc1cccc[c]1[Al]([O]c1c(F)c(F)c(F)c(F)c1F)[c]1ccccc1C. The van der Waals surface area contributed by atoms with Gasteiger partial charge >= 0.3 is 14.5 Å². The maximum Gasteiger partial charge on any atom is 0.631 e. The third-order valence-corrected chi connectivity index (χ3v) is 7.24. The first-order valence-electron chi connectivity index (χ1n) is 8.12. The molecule has 3 aromatic rings. The second-order valence-corrected chi connectivity index (χ2v) is 8.35. The van der Waals surface area contributed by atoms with Gasteiger partial charge in [0.25, 0.3) is 0 Å². The molecule has 0 aliphatic carbocycles. The van der Waals surface area contributed by atoms with Crippen LogP contribution < -0.4 is 12.6 Å². The van der Waals surface area contributed by atoms with Crippen LogP contribution in [0, 0.1) is 42.9 Å². The summed E-state index contributed by atoms with van der Waals surface area (Å²) in [4.78, 5) is 0. The van der Waals surface area contributed by atoms with Gasteiger partial charge in [-0.05, 0) is 13.8 Å². The lowest BCUT2D eigenvalue weighted by Gasteiger charge is -2.20. The molecule has 0 spiro atoms. The Hall–Kier alpha value is -2.36. The summed E-state index contributed by atoms with van der Waals surface area (Å²) < 4.78 is 75.8. The maximum atomic E-state index is 14.2. The Morgan fingerprint density at radius 3 is 1.37 bits per heavy atom. The molecule has 7 heteroatoms. The van der Waals surface area contributed by atoms with E-state index in [1.54, 1.807) is 62.4 Å². The van der Waals surface area contributed by atoms with E-state index in [4.69, 9.17) is 3.79 Å². The van der Waals surface area contributed by atoms with E-state index in [1.807, 2.05) is 0 Å². The highest BCUT2D eigenvalue weighted by molar-refractivity contribution is 6.81. The van der Waals surface area contributed by atoms with Gasteiger partial charge in [0.2, 0.25) is 29.1 Å². The normalized spacial score (nSPS) is 10.8. The van der Waals surface area contributed by atoms with Gasteiger partial charge in [-0.1, -0.05) is 68.5 Å². The highest BCUT2D eigenvalue weighted by Crippen LogP contribution is 2.29. The molecule has 0 aromatic heterocycles. The monoisotopic (exact) mass is 392 g/mol. The van der Waals surface area contributed by atoms with Crippen LogP contribution in [0.25, 0.3) is 0 Å². The van der Waals surface area contributed by atoms with Gasteiger partial charge in [-0.15, -0.1) is 0 Å². The molecule has 0 amide bonds. The lowest BCUT2D eigenvalue weighted by atomic mass is 10.2. The smallest absolute Gasteiger partial charge is 0.631 e. The second kappa shape index (κ2) is 7.71. The fraction of sp³-hybridized carbons (Fsp3) is 0.100. The molecule has 0 aliphatic rings. The lowest BCUT2D eigenvalue weighted by molar-refractivity contribution is 0.350. The van der Waals surface area contributed by atoms with E-state index in [0.29, 0.717) is 8.85 Å². The zero-order chi connectivity index (χ0) is 19.7. The zero-order valence-corrected chi connectivity index (χ0v) is 15.6. The van der Waals surface area contributed by atoms with Crippen LogP contribution in [-0.2, 0) is 0 Å². The van der Waals surface area contributed by atoms with Gasteiger partial charge in [-0.2, -0.15) is 8.78 Å². The first-order chi connectivity index (χ1) is 12.8. The first kappa shape index (κ1) is 19.4. The van der Waals surface area contributed by atoms with E-state index in [9.17, 15) is 22.0 Å². The molecule has 3 rings (SSSR count). The molecule has 0 aliphatic heterocycles. The largest absolute Gasteiger partial charge is 0.632 e. The van der Waals surface area contributed by atoms with E-state index < -0.39 is 49.3 Å². The summed E-state index contributed by atoms with van der Waals surface area (Å²) in [6, 6.07) is 14.1. The van der Waals surface area contributed by atoms with Crippen LogP contribution in [0.5, 0.6) is 5.75 Å². The van der Waals surface area contributed by atoms with Crippen molar-refractivity contribution >= 4 is 23.3 Å². The Balaban J connectivity index is 2.20. The van der Waals surface area contributed by atoms with Crippen molar-refractivity contribution in [1.29, 1.82) is 0 Å². The van der Waals surface area contributed by atoms with Crippen LogP contribution in [-0.4, -0.2) is 14.5 Å². The molecule has 0 saturated carbocycles. The van der Waals surface area contributed by atoms with Crippen molar-refractivity contribution in [3.8, 4) is 5.75 Å². The van der Waals surface area contributed by atoms with Gasteiger partial charge in [-0.3, -0.25) is 0 Å². The van der Waals surface area contributed by atoms with E-state index in [2.05, 4.69) is 0 Å². The number of hydrogen-bond donors (Lipinski definition) is 0. The summed E-state index contributed by atoms with van der Waals surface area (Å²) in [6.45, 7) is 3.60. The van der Waals surface area contributed by atoms with Gasteiger partial charge in [0.1, 0.15) is 0 Å². The maximum absolute atomic E-state index is 14.2. The Morgan fingerprint density at radius 2 is 0.963 bits per heavy atom. The van der Waals surface area contributed by atoms with Crippen LogP contribution in [0.4, 0.5) is 22.0 Å². The molecule has 0 N–H and O–H groups in total. The van der Waals surface area contributed by atoms with Crippen LogP contribution in [0.2, 0.25) is 0 Å². The van der Waals surface area contributed by atoms with Crippen molar-refractivity contribution in [3.63, 3.8) is 0 Å². The molecule has 1 nitrogen and oxygen atoms in total. The third kappa shape index (κ3) is 3.58. The molecule has 0 radical (unpaired) electrons. The predicted molar refractivity (Wildman–Crippen MR) is 94.2 cm³/mol. The topological polar surface area (TPSA) is 9.23 Å². The Labute approximate surface area is 157 Å². The van der Waals surface area contributed by atoms with Gasteiger partial charge in [0, 0.05) is 0 Å². The Morgan fingerprint density at radius 1 is 0.593 bits per heavy atom. The van der Waals surface area contributed by atoms with E-state index in [1.165, 1.54) is 0 Å². The minimum atomic E-state index is -2.80. The van der Waals surface area contributed by atoms with Crippen molar-refractivity contribution in [2.45, 2.75) is 13.8 Å². The summed E-state index contributed by atoms with van der Waals surface area (Å²) in [5, 5.41) is 0. The van der Waals surface area contributed by atoms with Crippen LogP contribution in [0.3, 0.4) is 0 Å². The second-order valence-electron chi connectivity index (χ2n) is 6.11. The molecular formula is C20H14AlF5O. The van der Waals surface area contributed by atoms with Gasteiger partial charge in [0.15, 0.2) is 5.75 Å². The van der Waals surface area contributed by atoms with Crippen molar-refractivity contribution < 1.29 is 25.7 Å². The Kier molecular flexibility index (Phi) is 5.54. The molecule has 0 atom stereocenters. The molecule has 3 aromatic carbocycles. The molecular weight excluding hydrogens is 378 g/mol. The summed E-state index contributed by atoms with van der Waals surface area (Å²) in [6.07, 6.45) is 0. The van der Waals surface area contributed by atoms with Gasteiger partial charge in [-0.25, -0.2) is 13.2 Å². The first-order valence-corrected chi connectivity index (χ1v) is 9.74. The number of hydrogen-bond acceptors (Lipinski definition) is 1. The quantitative estimate of drug-likeness (QED) is 0.280. The fourth-order valence-corrected chi connectivity index (χ4v) is 5.49. The van der Waals surface area contributed by atoms with E-state index in [0.717, 1.165) is 11.1 Å². The molecule has 0 heterocycles. The van der Waals surface area contributed by atoms with Gasteiger partial charge < -0.3 is 3.79 Å². The minimum Gasteiger partial charge on any atom is -0.632 e. The van der Waals surface area contributed by atoms with Crippen LogP contribution >= 0.6 is 0 Å². The lowest BCUT2D eigenvalue weighted by Crippen LogP contribution is -2.50. The van der Waals surface area contributed by atoms with Gasteiger partial charge in [0.05, 0.1) is 0 Å². The molecule has 0 fully saturated rings. The average molecular weight is 392 g/mol. The molecule has 0 bridgehead atoms. The van der Waals surface area contributed by atoms with E-state index in [-0.39, 0.29) is 0 Å². The van der Waals surface area contributed by atoms with Crippen molar-refractivity contribution in [2.75, 3.05) is 0 Å². The van der Waals surface area contributed by atoms with Crippen molar-refractivity contribution in [3.05, 3.63) is 88.7 Å². The third-order valence-electron chi connectivity index (χ3n) is 4.35. The summed E-state index contributed by atoms with van der Waals surface area (Å²) in [7, 11) is 0. The van der Waals surface area contributed by atoms with Crippen LogP contribution in [0.15, 0.2) is 48.5 Å². The van der Waals surface area contributed by atoms with Crippen molar-refractivity contribution in [1.82, 2.24) is 0 Å². The number of halogens is 5. The molecule has 138 valence electrons. The van der Waals surface area contributed by atoms with Crippen LogP contribution in [0.1, 0.15) is 11.1 Å². The summed E-state index contributed by atoms with van der Waals surface area (Å²) >= 11 is -2.80. The summed E-state index contributed by atoms with van der Waals surface area (Å²) in [5.74, 6) is -11.4. The molecule has 0 unspecified atom stereocenters. The number of rotatable bonds is 4. The van der Waals surface area contributed by atoms with E-state index >= 15 is 0 Å². The fourth-order valence-electron chi connectivity index (χ4n) is 2.86. The Bertz CT molecular complexity index is 931. The molecule has 0 saturated heterocycles. The zero-order valence-electron chi connectivity index (χ0n) is 14.5. The molecule has 27 heavy (non-hydrogen) atoms.